The Morgan fingerprint density at radius 1 is 1.29 bits per heavy atom. The summed E-state index contributed by atoms with van der Waals surface area (Å²) in [5, 5.41) is 20.5. The fraction of sp³-hybridized carbons (Fsp3) is 0.667. The molecule has 1 aliphatic heterocycles. The summed E-state index contributed by atoms with van der Waals surface area (Å²) in [7, 11) is 0. The fourth-order valence-corrected chi connectivity index (χ4v) is 3.82. The molecule has 1 aliphatic carbocycles. The number of benzene rings is 1. The van der Waals surface area contributed by atoms with Crippen LogP contribution in [0.25, 0.3) is 0 Å². The highest BCUT2D eigenvalue weighted by Gasteiger charge is 2.42. The summed E-state index contributed by atoms with van der Waals surface area (Å²) < 4.78 is 0. The van der Waals surface area contributed by atoms with E-state index in [-0.39, 0.29) is 11.5 Å². The molecule has 0 amide bonds. The van der Waals surface area contributed by atoms with Gasteiger partial charge in [-0.05, 0) is 68.8 Å². The minimum atomic E-state index is -0.331. The van der Waals surface area contributed by atoms with Crippen molar-refractivity contribution in [3.8, 4) is 5.75 Å². The lowest BCUT2D eigenvalue weighted by Gasteiger charge is -2.45. The minimum Gasteiger partial charge on any atom is -0.508 e. The molecule has 2 N–H and O–H groups in total. The van der Waals surface area contributed by atoms with Crippen molar-refractivity contribution >= 4 is 0 Å². The van der Waals surface area contributed by atoms with E-state index >= 15 is 0 Å². The Morgan fingerprint density at radius 2 is 2.00 bits per heavy atom. The Balaban J connectivity index is 1.78. The van der Waals surface area contributed by atoms with Gasteiger partial charge in [0.15, 0.2) is 0 Å². The molecule has 3 heteroatoms. The van der Waals surface area contributed by atoms with Gasteiger partial charge in [-0.25, -0.2) is 0 Å². The van der Waals surface area contributed by atoms with Gasteiger partial charge in [0.25, 0.3) is 0 Å². The molecule has 0 spiro atoms. The van der Waals surface area contributed by atoms with Gasteiger partial charge < -0.3 is 15.1 Å². The highest BCUT2D eigenvalue weighted by atomic mass is 16.3. The molecule has 1 saturated heterocycles. The van der Waals surface area contributed by atoms with Gasteiger partial charge >= 0.3 is 0 Å². The topological polar surface area (TPSA) is 43.7 Å². The van der Waals surface area contributed by atoms with Gasteiger partial charge in [0, 0.05) is 12.0 Å². The molecule has 21 heavy (non-hydrogen) atoms. The fourth-order valence-electron chi connectivity index (χ4n) is 3.82. The molecule has 0 aromatic heterocycles. The summed E-state index contributed by atoms with van der Waals surface area (Å²) in [4.78, 5) is 2.56. The van der Waals surface area contributed by atoms with E-state index in [2.05, 4.69) is 11.0 Å². The number of rotatable bonds is 5. The molecule has 2 fully saturated rings. The molecule has 0 radical (unpaired) electrons. The summed E-state index contributed by atoms with van der Waals surface area (Å²) in [6, 6.07) is 7.51. The largest absolute Gasteiger partial charge is 0.508 e. The number of aromatic hydroxyl groups is 1. The number of hydrogen-bond donors (Lipinski definition) is 2. The van der Waals surface area contributed by atoms with Crippen LogP contribution in [0.5, 0.6) is 5.75 Å². The van der Waals surface area contributed by atoms with Crippen molar-refractivity contribution in [2.24, 2.45) is 5.92 Å². The van der Waals surface area contributed by atoms with Crippen molar-refractivity contribution in [1.82, 2.24) is 4.90 Å². The Hall–Kier alpha value is -1.06. The number of piperidine rings is 1. The first-order valence-electron chi connectivity index (χ1n) is 8.34. The van der Waals surface area contributed by atoms with Gasteiger partial charge in [0.05, 0.1) is 6.10 Å². The number of nitrogens with zero attached hydrogens (tertiary/aromatic N) is 1. The molecular formula is C18H27NO2. The summed E-state index contributed by atoms with van der Waals surface area (Å²) >= 11 is 0. The van der Waals surface area contributed by atoms with Crippen LogP contribution in [0.4, 0.5) is 0 Å². The zero-order valence-electron chi connectivity index (χ0n) is 13.0. The van der Waals surface area contributed by atoms with Crippen molar-refractivity contribution in [1.29, 1.82) is 0 Å². The molecule has 1 heterocycles. The van der Waals surface area contributed by atoms with Crippen molar-refractivity contribution in [3.63, 3.8) is 0 Å². The second-order valence-electron chi connectivity index (χ2n) is 6.87. The molecule has 3 rings (SSSR count). The van der Waals surface area contributed by atoms with Crippen LogP contribution in [-0.4, -0.2) is 40.9 Å². The smallest absolute Gasteiger partial charge is 0.115 e. The lowest BCUT2D eigenvalue weighted by molar-refractivity contribution is 0.0267. The highest BCUT2D eigenvalue weighted by Crippen LogP contribution is 2.41. The van der Waals surface area contributed by atoms with Crippen LogP contribution in [0.2, 0.25) is 0 Å². The maximum atomic E-state index is 10.7. The number of aliphatic hydroxyl groups excluding tert-OH is 1. The zero-order valence-corrected chi connectivity index (χ0v) is 13.0. The summed E-state index contributed by atoms with van der Waals surface area (Å²) in [6.45, 7) is 5.40. The van der Waals surface area contributed by atoms with E-state index in [0.29, 0.717) is 5.75 Å². The average molecular weight is 289 g/mol. The van der Waals surface area contributed by atoms with E-state index in [1.807, 2.05) is 19.1 Å². The predicted octanol–water partition coefficient (Wildman–Crippen LogP) is 2.91. The van der Waals surface area contributed by atoms with Crippen LogP contribution >= 0.6 is 0 Å². The number of phenols is 1. The van der Waals surface area contributed by atoms with Crippen LogP contribution in [0.15, 0.2) is 24.3 Å². The lowest BCUT2D eigenvalue weighted by atomic mass is 9.68. The second kappa shape index (κ2) is 5.98. The van der Waals surface area contributed by atoms with Gasteiger partial charge in [-0.2, -0.15) is 0 Å². The van der Waals surface area contributed by atoms with E-state index in [0.717, 1.165) is 43.8 Å². The summed E-state index contributed by atoms with van der Waals surface area (Å²) in [5.41, 5.74) is 0.913. The maximum Gasteiger partial charge on any atom is 0.115 e. The zero-order chi connectivity index (χ0) is 14.9. The predicted molar refractivity (Wildman–Crippen MR) is 84.5 cm³/mol. The van der Waals surface area contributed by atoms with Crippen LogP contribution in [0, 0.1) is 5.92 Å². The third-order valence-corrected chi connectivity index (χ3v) is 5.41. The molecule has 116 valence electrons. The van der Waals surface area contributed by atoms with Crippen molar-refractivity contribution in [2.45, 2.75) is 50.5 Å². The SMILES string of the molecule is CC[C@@H](O)C1(c2cccc(O)c2)CCN(CC2CC2)CC1. The number of hydrogen-bond acceptors (Lipinski definition) is 3. The maximum absolute atomic E-state index is 10.7. The molecule has 1 saturated carbocycles. The molecule has 0 bridgehead atoms. The Morgan fingerprint density at radius 3 is 2.57 bits per heavy atom. The molecule has 1 atom stereocenters. The molecule has 0 unspecified atom stereocenters. The molecule has 2 aliphatic rings. The number of aliphatic hydroxyl groups is 1. The summed E-state index contributed by atoms with van der Waals surface area (Å²) in [6.07, 6.45) is 5.19. The van der Waals surface area contributed by atoms with Crippen LogP contribution in [0.1, 0.15) is 44.6 Å². The van der Waals surface area contributed by atoms with Crippen LogP contribution in [0.3, 0.4) is 0 Å². The van der Waals surface area contributed by atoms with Crippen molar-refractivity contribution in [3.05, 3.63) is 29.8 Å². The molecule has 1 aromatic carbocycles. The van der Waals surface area contributed by atoms with Gasteiger partial charge in [-0.1, -0.05) is 19.1 Å². The van der Waals surface area contributed by atoms with Gasteiger partial charge in [-0.3, -0.25) is 0 Å². The van der Waals surface area contributed by atoms with E-state index < -0.39 is 0 Å². The van der Waals surface area contributed by atoms with E-state index in [4.69, 9.17) is 0 Å². The normalized spacial score (nSPS) is 23.9. The Bertz CT molecular complexity index is 476. The first kappa shape index (κ1) is 14.9. The molecule has 3 nitrogen and oxygen atoms in total. The van der Waals surface area contributed by atoms with Crippen LogP contribution in [-0.2, 0) is 5.41 Å². The van der Waals surface area contributed by atoms with Crippen LogP contribution < -0.4 is 0 Å². The van der Waals surface area contributed by atoms with E-state index in [9.17, 15) is 10.2 Å². The lowest BCUT2D eigenvalue weighted by Crippen LogP contribution is -2.49. The first-order valence-corrected chi connectivity index (χ1v) is 8.34. The third-order valence-electron chi connectivity index (χ3n) is 5.41. The van der Waals surface area contributed by atoms with E-state index in [1.165, 1.54) is 19.4 Å². The van der Waals surface area contributed by atoms with Crippen molar-refractivity contribution in [2.75, 3.05) is 19.6 Å². The Kier molecular flexibility index (Phi) is 4.23. The second-order valence-corrected chi connectivity index (χ2v) is 6.87. The third kappa shape index (κ3) is 3.09. The van der Waals surface area contributed by atoms with Crippen molar-refractivity contribution < 1.29 is 10.2 Å². The van der Waals surface area contributed by atoms with E-state index in [1.54, 1.807) is 6.07 Å². The monoisotopic (exact) mass is 289 g/mol. The van der Waals surface area contributed by atoms with Gasteiger partial charge in [-0.15, -0.1) is 0 Å². The first-order chi connectivity index (χ1) is 10.1. The quantitative estimate of drug-likeness (QED) is 0.876. The summed E-state index contributed by atoms with van der Waals surface area (Å²) in [5.74, 6) is 1.23. The van der Waals surface area contributed by atoms with Gasteiger partial charge in [0.2, 0.25) is 0 Å². The number of phenolic OH excluding ortho intramolecular Hbond substituents is 1. The Labute approximate surface area is 127 Å². The van der Waals surface area contributed by atoms with Gasteiger partial charge in [0.1, 0.15) is 5.75 Å². The number of likely N-dealkylation sites (tertiary alicyclic amines) is 1. The molecular weight excluding hydrogens is 262 g/mol. The standard InChI is InChI=1S/C18H27NO2/c1-2-17(21)18(15-4-3-5-16(20)12-15)8-10-19(11-9-18)13-14-6-7-14/h3-5,12,14,17,20-21H,2,6-11,13H2,1H3/t17-/m1/s1. The average Bonchev–Trinajstić information content (AvgIpc) is 3.31. The highest BCUT2D eigenvalue weighted by molar-refractivity contribution is 5.34. The molecule has 1 aromatic rings. The minimum absolute atomic E-state index is 0.187.